The Morgan fingerprint density at radius 2 is 2.00 bits per heavy atom. The van der Waals surface area contributed by atoms with E-state index in [1.54, 1.807) is 0 Å². The van der Waals surface area contributed by atoms with E-state index in [-0.39, 0.29) is 0 Å². The number of nitrogens with one attached hydrogen (secondary N) is 1. The van der Waals surface area contributed by atoms with Gasteiger partial charge in [0.05, 0.1) is 0 Å². The van der Waals surface area contributed by atoms with Gasteiger partial charge in [-0.15, -0.1) is 0 Å². The molecule has 3 aliphatic rings. The van der Waals surface area contributed by atoms with Crippen LogP contribution in [-0.2, 0) is 0 Å². The third kappa shape index (κ3) is 1.94. The van der Waals surface area contributed by atoms with Crippen molar-refractivity contribution in [2.45, 2.75) is 63.6 Å². The molecule has 4 unspecified atom stereocenters. The second kappa shape index (κ2) is 4.06. The van der Waals surface area contributed by atoms with Crippen LogP contribution in [0.15, 0.2) is 0 Å². The quantitative estimate of drug-likeness (QED) is 0.746. The van der Waals surface area contributed by atoms with E-state index >= 15 is 0 Å². The van der Waals surface area contributed by atoms with E-state index in [2.05, 4.69) is 17.1 Å². The Bertz CT molecular complexity index is 229. The van der Waals surface area contributed by atoms with Crippen molar-refractivity contribution in [3.63, 3.8) is 0 Å². The van der Waals surface area contributed by atoms with Gasteiger partial charge in [-0.05, 0) is 51.0 Å². The topological polar surface area (TPSA) is 15.3 Å². The van der Waals surface area contributed by atoms with Gasteiger partial charge in [0.2, 0.25) is 0 Å². The largest absolute Gasteiger partial charge is 0.310 e. The zero-order chi connectivity index (χ0) is 10.3. The zero-order valence-electron chi connectivity index (χ0n) is 9.91. The highest BCUT2D eigenvalue weighted by molar-refractivity contribution is 4.97. The Kier molecular flexibility index (Phi) is 2.73. The average molecular weight is 208 g/mol. The SMILES string of the molecule is CC1CCC(NC2CCN3CCCC23)C1. The summed E-state index contributed by atoms with van der Waals surface area (Å²) >= 11 is 0. The maximum atomic E-state index is 3.94. The lowest BCUT2D eigenvalue weighted by Gasteiger charge is -2.24. The summed E-state index contributed by atoms with van der Waals surface area (Å²) in [7, 11) is 0. The molecule has 86 valence electrons. The lowest BCUT2D eigenvalue weighted by Crippen LogP contribution is -2.43. The Labute approximate surface area is 93.4 Å². The first-order chi connectivity index (χ1) is 7.33. The highest BCUT2D eigenvalue weighted by Crippen LogP contribution is 2.31. The van der Waals surface area contributed by atoms with Gasteiger partial charge < -0.3 is 5.32 Å². The molecule has 2 saturated heterocycles. The molecular weight excluding hydrogens is 184 g/mol. The minimum atomic E-state index is 0.822. The molecule has 3 rings (SSSR count). The monoisotopic (exact) mass is 208 g/mol. The first-order valence-corrected chi connectivity index (χ1v) is 6.83. The molecule has 0 aromatic heterocycles. The van der Waals surface area contributed by atoms with Gasteiger partial charge >= 0.3 is 0 Å². The summed E-state index contributed by atoms with van der Waals surface area (Å²) in [6.45, 7) is 5.12. The molecular formula is C13H24N2. The average Bonchev–Trinajstić information content (AvgIpc) is 2.85. The summed E-state index contributed by atoms with van der Waals surface area (Å²) in [5.74, 6) is 0.962. The van der Waals surface area contributed by atoms with Crippen LogP contribution in [0.4, 0.5) is 0 Å². The minimum absolute atomic E-state index is 0.822. The van der Waals surface area contributed by atoms with Gasteiger partial charge in [0.15, 0.2) is 0 Å². The summed E-state index contributed by atoms with van der Waals surface area (Å²) < 4.78 is 0. The van der Waals surface area contributed by atoms with E-state index in [9.17, 15) is 0 Å². The molecule has 1 aliphatic carbocycles. The predicted molar refractivity (Wildman–Crippen MR) is 62.9 cm³/mol. The molecule has 1 saturated carbocycles. The van der Waals surface area contributed by atoms with Crippen LogP contribution >= 0.6 is 0 Å². The van der Waals surface area contributed by atoms with E-state index in [4.69, 9.17) is 0 Å². The molecule has 4 atom stereocenters. The van der Waals surface area contributed by atoms with Crippen LogP contribution in [0.5, 0.6) is 0 Å². The standard InChI is InChI=1S/C13H24N2/c1-10-4-5-11(9-10)14-12-6-8-15-7-2-3-13(12)15/h10-14H,2-9H2,1H3. The van der Waals surface area contributed by atoms with E-state index in [0.717, 1.165) is 24.0 Å². The van der Waals surface area contributed by atoms with E-state index in [1.807, 2.05) is 0 Å². The zero-order valence-corrected chi connectivity index (χ0v) is 9.91. The van der Waals surface area contributed by atoms with Crippen LogP contribution in [0.25, 0.3) is 0 Å². The molecule has 15 heavy (non-hydrogen) atoms. The van der Waals surface area contributed by atoms with E-state index in [0.29, 0.717) is 0 Å². The van der Waals surface area contributed by atoms with Crippen LogP contribution in [0, 0.1) is 5.92 Å². The molecule has 3 fully saturated rings. The number of hydrogen-bond acceptors (Lipinski definition) is 2. The molecule has 0 aromatic rings. The fraction of sp³-hybridized carbons (Fsp3) is 1.00. The maximum Gasteiger partial charge on any atom is 0.0250 e. The predicted octanol–water partition coefficient (Wildman–Crippen LogP) is 2.00. The van der Waals surface area contributed by atoms with Gasteiger partial charge in [0.25, 0.3) is 0 Å². The van der Waals surface area contributed by atoms with Crippen LogP contribution in [0.3, 0.4) is 0 Å². The lowest BCUT2D eigenvalue weighted by atomic mass is 10.0. The van der Waals surface area contributed by atoms with E-state index in [1.165, 1.54) is 51.6 Å². The normalized spacial score (nSPS) is 46.2. The number of rotatable bonds is 2. The third-order valence-electron chi connectivity index (χ3n) is 4.75. The van der Waals surface area contributed by atoms with Crippen LogP contribution in [-0.4, -0.2) is 36.1 Å². The highest BCUT2D eigenvalue weighted by Gasteiger charge is 2.38. The molecule has 2 heteroatoms. The van der Waals surface area contributed by atoms with Gasteiger partial charge in [0.1, 0.15) is 0 Å². The van der Waals surface area contributed by atoms with E-state index < -0.39 is 0 Å². The smallest absolute Gasteiger partial charge is 0.0250 e. The van der Waals surface area contributed by atoms with Gasteiger partial charge in [-0.3, -0.25) is 4.90 Å². The van der Waals surface area contributed by atoms with Gasteiger partial charge in [-0.25, -0.2) is 0 Å². The Hall–Kier alpha value is -0.0800. The molecule has 0 bridgehead atoms. The molecule has 0 spiro atoms. The van der Waals surface area contributed by atoms with Crippen molar-refractivity contribution in [1.29, 1.82) is 0 Å². The fourth-order valence-corrected chi connectivity index (χ4v) is 3.94. The van der Waals surface area contributed by atoms with Gasteiger partial charge in [0, 0.05) is 24.7 Å². The molecule has 0 amide bonds. The van der Waals surface area contributed by atoms with Crippen molar-refractivity contribution >= 4 is 0 Å². The Balaban J connectivity index is 1.55. The summed E-state index contributed by atoms with van der Waals surface area (Å²) in [6, 6.07) is 2.55. The molecule has 2 heterocycles. The number of fused-ring (bicyclic) bond motifs is 1. The summed E-state index contributed by atoms with van der Waals surface area (Å²) in [6.07, 6.45) is 8.56. The minimum Gasteiger partial charge on any atom is -0.310 e. The maximum absolute atomic E-state index is 3.94. The van der Waals surface area contributed by atoms with Crippen LogP contribution < -0.4 is 5.32 Å². The molecule has 2 nitrogen and oxygen atoms in total. The van der Waals surface area contributed by atoms with Crippen LogP contribution in [0.2, 0.25) is 0 Å². The summed E-state index contributed by atoms with van der Waals surface area (Å²) in [5.41, 5.74) is 0. The Morgan fingerprint density at radius 3 is 2.80 bits per heavy atom. The Morgan fingerprint density at radius 1 is 1.07 bits per heavy atom. The van der Waals surface area contributed by atoms with Crippen LogP contribution in [0.1, 0.15) is 45.4 Å². The molecule has 0 radical (unpaired) electrons. The molecule has 1 N–H and O–H groups in total. The van der Waals surface area contributed by atoms with Crippen molar-refractivity contribution in [1.82, 2.24) is 10.2 Å². The number of nitrogens with zero attached hydrogens (tertiary/aromatic N) is 1. The summed E-state index contributed by atoms with van der Waals surface area (Å²) in [4.78, 5) is 2.70. The van der Waals surface area contributed by atoms with Gasteiger partial charge in [-0.1, -0.05) is 6.92 Å². The van der Waals surface area contributed by atoms with Crippen molar-refractivity contribution in [2.24, 2.45) is 5.92 Å². The number of hydrogen-bond donors (Lipinski definition) is 1. The lowest BCUT2D eigenvalue weighted by molar-refractivity contribution is 0.287. The van der Waals surface area contributed by atoms with Crippen molar-refractivity contribution < 1.29 is 0 Å². The first kappa shape index (κ1) is 10.1. The first-order valence-electron chi connectivity index (χ1n) is 6.83. The van der Waals surface area contributed by atoms with Crippen molar-refractivity contribution in [2.75, 3.05) is 13.1 Å². The molecule has 2 aliphatic heterocycles. The van der Waals surface area contributed by atoms with Crippen molar-refractivity contribution in [3.05, 3.63) is 0 Å². The van der Waals surface area contributed by atoms with Crippen molar-refractivity contribution in [3.8, 4) is 0 Å². The third-order valence-corrected chi connectivity index (χ3v) is 4.75. The van der Waals surface area contributed by atoms with Gasteiger partial charge in [-0.2, -0.15) is 0 Å². The molecule has 0 aromatic carbocycles. The second-order valence-electron chi connectivity index (χ2n) is 5.92. The fourth-order valence-electron chi connectivity index (χ4n) is 3.94. The second-order valence-corrected chi connectivity index (χ2v) is 5.92. The summed E-state index contributed by atoms with van der Waals surface area (Å²) in [5, 5.41) is 3.94. The highest BCUT2D eigenvalue weighted by atomic mass is 15.2.